The zero-order chi connectivity index (χ0) is 20.8. The summed E-state index contributed by atoms with van der Waals surface area (Å²) in [4.78, 5) is 0. The summed E-state index contributed by atoms with van der Waals surface area (Å²) < 4.78 is 0. The Morgan fingerprint density at radius 1 is 0.667 bits per heavy atom. The zero-order valence-corrected chi connectivity index (χ0v) is 20.4. The fourth-order valence-electron chi connectivity index (χ4n) is 5.22. The predicted molar refractivity (Wildman–Crippen MR) is 125 cm³/mol. The van der Waals surface area contributed by atoms with Crippen LogP contribution in [0.15, 0.2) is 0 Å². The molecule has 0 aliphatic heterocycles. The van der Waals surface area contributed by atoms with Crippen LogP contribution in [0.5, 0.6) is 0 Å². The van der Waals surface area contributed by atoms with E-state index in [0.717, 1.165) is 42.1 Å². The molecule has 0 aromatic heterocycles. The highest BCUT2D eigenvalue weighted by molar-refractivity contribution is 4.82. The molecule has 6 atom stereocenters. The quantitative estimate of drug-likeness (QED) is 0.269. The van der Waals surface area contributed by atoms with E-state index < -0.39 is 0 Å². The smallest absolute Gasteiger partial charge is 0.00464 e. The van der Waals surface area contributed by atoms with Gasteiger partial charge in [-0.1, -0.05) is 100 Å². The Labute approximate surface area is 173 Å². The van der Waals surface area contributed by atoms with Crippen LogP contribution in [0.3, 0.4) is 0 Å². The summed E-state index contributed by atoms with van der Waals surface area (Å²) in [6.45, 7) is 20.2. The average Bonchev–Trinajstić information content (AvgIpc) is 2.65. The number of rotatable bonds is 17. The Balaban J connectivity index is 5.34. The van der Waals surface area contributed by atoms with E-state index >= 15 is 0 Å². The Bertz CT molecular complexity index is 324. The van der Waals surface area contributed by atoms with E-state index in [0.29, 0.717) is 5.92 Å². The van der Waals surface area contributed by atoms with E-state index in [9.17, 15) is 0 Å². The van der Waals surface area contributed by atoms with Gasteiger partial charge in [-0.3, -0.25) is 0 Å². The normalized spacial score (nSPS) is 18.9. The molecule has 164 valence electrons. The predicted octanol–water partition coefficient (Wildman–Crippen LogP) is 8.32. The maximum absolute atomic E-state index is 6.10. The van der Waals surface area contributed by atoms with Gasteiger partial charge in [0, 0.05) is 0 Å². The molecule has 0 rings (SSSR count). The number of unbranched alkanes of at least 4 members (excludes halogenated alkanes) is 1. The van der Waals surface area contributed by atoms with E-state index in [-0.39, 0.29) is 0 Å². The van der Waals surface area contributed by atoms with Gasteiger partial charge in [0.1, 0.15) is 0 Å². The third-order valence-electron chi connectivity index (χ3n) is 7.66. The molecule has 1 heteroatoms. The van der Waals surface area contributed by atoms with Gasteiger partial charge in [0.15, 0.2) is 0 Å². The lowest BCUT2D eigenvalue weighted by molar-refractivity contribution is 0.115. The molecular formula is C26H55N. The van der Waals surface area contributed by atoms with E-state index in [1.54, 1.807) is 0 Å². The van der Waals surface area contributed by atoms with Crippen molar-refractivity contribution >= 4 is 0 Å². The first-order valence-corrected chi connectivity index (χ1v) is 12.6. The summed E-state index contributed by atoms with van der Waals surface area (Å²) in [5.41, 5.74) is 6.10. The third kappa shape index (κ3) is 10.3. The highest BCUT2D eigenvalue weighted by atomic mass is 14.6. The van der Waals surface area contributed by atoms with Crippen molar-refractivity contribution in [1.29, 1.82) is 0 Å². The van der Waals surface area contributed by atoms with Crippen LogP contribution < -0.4 is 5.73 Å². The second-order valence-electron chi connectivity index (χ2n) is 9.95. The SMILES string of the molecule is CCCCC(CC)C(C)C(CC(C)CC)C(CCC)CCC(CN)C(C)C. The second kappa shape index (κ2) is 15.8. The lowest BCUT2D eigenvalue weighted by Crippen LogP contribution is -2.30. The number of nitrogens with two attached hydrogens (primary N) is 1. The number of hydrogen-bond acceptors (Lipinski definition) is 1. The van der Waals surface area contributed by atoms with Crippen molar-refractivity contribution in [2.75, 3.05) is 6.54 Å². The largest absolute Gasteiger partial charge is 0.330 e. The topological polar surface area (TPSA) is 26.0 Å². The minimum absolute atomic E-state index is 0.700. The van der Waals surface area contributed by atoms with Gasteiger partial charge in [-0.2, -0.15) is 0 Å². The molecule has 0 fully saturated rings. The number of hydrogen-bond donors (Lipinski definition) is 1. The maximum Gasteiger partial charge on any atom is -0.00464 e. The van der Waals surface area contributed by atoms with Gasteiger partial charge in [-0.15, -0.1) is 0 Å². The van der Waals surface area contributed by atoms with Gasteiger partial charge in [-0.25, -0.2) is 0 Å². The summed E-state index contributed by atoms with van der Waals surface area (Å²) >= 11 is 0. The Hall–Kier alpha value is -0.0400. The van der Waals surface area contributed by atoms with Crippen LogP contribution in [0, 0.1) is 41.4 Å². The average molecular weight is 382 g/mol. The van der Waals surface area contributed by atoms with Gasteiger partial charge >= 0.3 is 0 Å². The van der Waals surface area contributed by atoms with Crippen LogP contribution in [-0.2, 0) is 0 Å². The summed E-state index contributed by atoms with van der Waals surface area (Å²) in [5.74, 6) is 5.84. The Morgan fingerprint density at radius 2 is 1.30 bits per heavy atom. The van der Waals surface area contributed by atoms with E-state index in [4.69, 9.17) is 5.73 Å². The standard InChI is InChI=1S/C26H55N/c1-9-13-15-23(12-4)22(8)26(18-21(7)11-3)24(14-10-2)16-17-25(19-27)20(5)6/h20-26H,9-19,27H2,1-8H3. The van der Waals surface area contributed by atoms with Crippen LogP contribution in [0.4, 0.5) is 0 Å². The molecule has 0 aromatic carbocycles. The molecule has 27 heavy (non-hydrogen) atoms. The van der Waals surface area contributed by atoms with E-state index in [1.165, 1.54) is 64.2 Å². The second-order valence-corrected chi connectivity index (χ2v) is 9.95. The molecule has 0 spiro atoms. The van der Waals surface area contributed by atoms with Crippen molar-refractivity contribution in [3.63, 3.8) is 0 Å². The molecule has 0 saturated carbocycles. The summed E-state index contributed by atoms with van der Waals surface area (Å²) in [7, 11) is 0. The molecule has 2 N–H and O–H groups in total. The third-order valence-corrected chi connectivity index (χ3v) is 7.66. The molecule has 0 aromatic rings. The molecule has 0 heterocycles. The molecule has 0 aliphatic rings. The first kappa shape index (κ1) is 27.0. The Morgan fingerprint density at radius 3 is 1.74 bits per heavy atom. The molecule has 0 aliphatic carbocycles. The van der Waals surface area contributed by atoms with Crippen LogP contribution in [-0.4, -0.2) is 6.54 Å². The lowest BCUT2D eigenvalue weighted by Gasteiger charge is -2.38. The van der Waals surface area contributed by atoms with Gasteiger partial charge in [0.05, 0.1) is 0 Å². The molecule has 0 bridgehead atoms. The molecular weight excluding hydrogens is 326 g/mol. The lowest BCUT2D eigenvalue weighted by atomic mass is 9.67. The first-order valence-electron chi connectivity index (χ1n) is 12.6. The highest BCUT2D eigenvalue weighted by Gasteiger charge is 2.31. The first-order chi connectivity index (χ1) is 12.9. The van der Waals surface area contributed by atoms with Crippen LogP contribution >= 0.6 is 0 Å². The van der Waals surface area contributed by atoms with Crippen molar-refractivity contribution in [3.8, 4) is 0 Å². The minimum Gasteiger partial charge on any atom is -0.330 e. The molecule has 0 amide bonds. The fraction of sp³-hybridized carbons (Fsp3) is 1.00. The zero-order valence-electron chi connectivity index (χ0n) is 20.4. The molecule has 0 radical (unpaired) electrons. The molecule has 6 unspecified atom stereocenters. The van der Waals surface area contributed by atoms with Crippen LogP contribution in [0.25, 0.3) is 0 Å². The van der Waals surface area contributed by atoms with Gasteiger partial charge in [0.25, 0.3) is 0 Å². The highest BCUT2D eigenvalue weighted by Crippen LogP contribution is 2.41. The van der Waals surface area contributed by atoms with E-state index in [1.807, 2.05) is 0 Å². The summed E-state index contributed by atoms with van der Waals surface area (Å²) in [5, 5.41) is 0. The van der Waals surface area contributed by atoms with Crippen molar-refractivity contribution in [3.05, 3.63) is 0 Å². The van der Waals surface area contributed by atoms with Gasteiger partial charge < -0.3 is 5.73 Å². The van der Waals surface area contributed by atoms with Gasteiger partial charge in [-0.05, 0) is 67.2 Å². The summed E-state index contributed by atoms with van der Waals surface area (Å²) in [6, 6.07) is 0. The van der Waals surface area contributed by atoms with Gasteiger partial charge in [0.2, 0.25) is 0 Å². The van der Waals surface area contributed by atoms with Crippen LogP contribution in [0.2, 0.25) is 0 Å². The fourth-order valence-corrected chi connectivity index (χ4v) is 5.22. The maximum atomic E-state index is 6.10. The summed E-state index contributed by atoms with van der Waals surface area (Å²) in [6.07, 6.45) is 13.7. The van der Waals surface area contributed by atoms with Crippen molar-refractivity contribution < 1.29 is 0 Å². The van der Waals surface area contributed by atoms with Crippen molar-refractivity contribution in [1.82, 2.24) is 0 Å². The molecule has 0 saturated heterocycles. The minimum atomic E-state index is 0.700. The van der Waals surface area contributed by atoms with E-state index in [2.05, 4.69) is 55.4 Å². The van der Waals surface area contributed by atoms with Crippen LogP contribution in [0.1, 0.15) is 120 Å². The molecule has 1 nitrogen and oxygen atoms in total. The Kier molecular flexibility index (Phi) is 15.8. The van der Waals surface area contributed by atoms with Crippen molar-refractivity contribution in [2.45, 2.75) is 120 Å². The monoisotopic (exact) mass is 381 g/mol. The van der Waals surface area contributed by atoms with Crippen molar-refractivity contribution in [2.24, 2.45) is 47.2 Å².